The molecule has 0 aliphatic carbocycles. The molecule has 5 nitrogen and oxygen atoms in total. The number of aliphatic carboxylic acids is 1. The van der Waals surface area contributed by atoms with Crippen LogP contribution in [0.25, 0.3) is 0 Å². The number of para-hydroxylation sites is 1. The van der Waals surface area contributed by atoms with Crippen molar-refractivity contribution in [2.24, 2.45) is 5.10 Å². The first-order valence-corrected chi connectivity index (χ1v) is 5.22. The molecule has 1 aromatic rings. The van der Waals surface area contributed by atoms with E-state index in [0.29, 0.717) is 18.6 Å². The van der Waals surface area contributed by atoms with Gasteiger partial charge in [-0.3, -0.25) is 10.2 Å². The van der Waals surface area contributed by atoms with Gasteiger partial charge in [0.1, 0.15) is 11.8 Å². The minimum atomic E-state index is -0.863. The van der Waals surface area contributed by atoms with Crippen LogP contribution in [0.2, 0.25) is 0 Å². The molecule has 0 heterocycles. The number of nitriles is 1. The van der Waals surface area contributed by atoms with Crippen molar-refractivity contribution in [2.75, 3.05) is 5.43 Å². The minimum Gasteiger partial charge on any atom is -0.481 e. The van der Waals surface area contributed by atoms with Crippen molar-refractivity contribution in [1.82, 2.24) is 0 Å². The summed E-state index contributed by atoms with van der Waals surface area (Å²) in [6.45, 7) is 0. The van der Waals surface area contributed by atoms with Gasteiger partial charge in [-0.1, -0.05) is 18.2 Å². The van der Waals surface area contributed by atoms with Crippen LogP contribution in [0.4, 0.5) is 5.69 Å². The average Bonchev–Trinajstić information content (AvgIpc) is 2.34. The highest BCUT2D eigenvalue weighted by Crippen LogP contribution is 2.05. The quantitative estimate of drug-likeness (QED) is 0.580. The van der Waals surface area contributed by atoms with E-state index in [0.717, 1.165) is 5.69 Å². The van der Waals surface area contributed by atoms with E-state index < -0.39 is 5.97 Å². The second-order valence-electron chi connectivity index (χ2n) is 3.40. The molecule has 88 valence electrons. The van der Waals surface area contributed by atoms with Gasteiger partial charge in [-0.2, -0.15) is 10.4 Å². The Labute approximate surface area is 99.4 Å². The van der Waals surface area contributed by atoms with Gasteiger partial charge in [0.25, 0.3) is 0 Å². The molecule has 0 spiro atoms. The third-order valence-electron chi connectivity index (χ3n) is 2.03. The van der Waals surface area contributed by atoms with Gasteiger partial charge in [-0.15, -0.1) is 0 Å². The standard InChI is InChI=1S/C12H13N3O2/c13-9-11(7-4-8-12(16)17)15-14-10-5-2-1-3-6-10/h1-3,5-6,14H,4,7-8H2,(H,16,17)/b15-11+. The molecule has 1 rings (SSSR count). The van der Waals surface area contributed by atoms with Crippen molar-refractivity contribution in [3.05, 3.63) is 30.3 Å². The highest BCUT2D eigenvalue weighted by Gasteiger charge is 2.01. The Morgan fingerprint density at radius 1 is 1.35 bits per heavy atom. The number of hydrogen-bond acceptors (Lipinski definition) is 4. The largest absolute Gasteiger partial charge is 0.481 e. The lowest BCUT2D eigenvalue weighted by atomic mass is 10.2. The number of carbonyl (C=O) groups is 1. The van der Waals surface area contributed by atoms with Crippen LogP contribution in [0.1, 0.15) is 19.3 Å². The van der Waals surface area contributed by atoms with E-state index in [1.807, 2.05) is 36.4 Å². The van der Waals surface area contributed by atoms with Gasteiger partial charge in [0, 0.05) is 12.8 Å². The van der Waals surface area contributed by atoms with Crippen LogP contribution in [-0.2, 0) is 4.79 Å². The fourth-order valence-corrected chi connectivity index (χ4v) is 1.19. The van der Waals surface area contributed by atoms with E-state index in [1.165, 1.54) is 0 Å². The van der Waals surface area contributed by atoms with E-state index >= 15 is 0 Å². The first kappa shape index (κ1) is 12.7. The van der Waals surface area contributed by atoms with Gasteiger partial charge in [-0.25, -0.2) is 0 Å². The van der Waals surface area contributed by atoms with Gasteiger partial charge in [0.15, 0.2) is 0 Å². The predicted molar refractivity (Wildman–Crippen MR) is 64.6 cm³/mol. The number of rotatable bonds is 6. The summed E-state index contributed by atoms with van der Waals surface area (Å²) in [5.74, 6) is -0.863. The molecule has 2 N–H and O–H groups in total. The van der Waals surface area contributed by atoms with E-state index in [4.69, 9.17) is 10.4 Å². The molecular weight excluding hydrogens is 218 g/mol. The van der Waals surface area contributed by atoms with E-state index in [-0.39, 0.29) is 6.42 Å². The SMILES string of the molecule is N#C/C(CCCC(=O)O)=N/Nc1ccccc1. The molecule has 0 bridgehead atoms. The lowest BCUT2D eigenvalue weighted by Gasteiger charge is -2.00. The van der Waals surface area contributed by atoms with Gasteiger partial charge in [0.2, 0.25) is 0 Å². The summed E-state index contributed by atoms with van der Waals surface area (Å²) >= 11 is 0. The Morgan fingerprint density at radius 2 is 2.06 bits per heavy atom. The Morgan fingerprint density at radius 3 is 2.65 bits per heavy atom. The summed E-state index contributed by atoms with van der Waals surface area (Å²) in [6.07, 6.45) is 0.826. The van der Waals surface area contributed by atoms with E-state index in [1.54, 1.807) is 0 Å². The van der Waals surface area contributed by atoms with Gasteiger partial charge >= 0.3 is 5.97 Å². The first-order chi connectivity index (χ1) is 8.22. The van der Waals surface area contributed by atoms with E-state index in [2.05, 4.69) is 10.5 Å². The monoisotopic (exact) mass is 231 g/mol. The number of hydrazone groups is 1. The number of carboxylic acids is 1. The predicted octanol–water partition coefficient (Wildman–Crippen LogP) is 2.23. The lowest BCUT2D eigenvalue weighted by molar-refractivity contribution is -0.137. The summed E-state index contributed by atoms with van der Waals surface area (Å²) in [5, 5.41) is 21.2. The van der Waals surface area contributed by atoms with Crippen LogP contribution in [0.15, 0.2) is 35.4 Å². The van der Waals surface area contributed by atoms with Crippen LogP contribution in [0.3, 0.4) is 0 Å². The van der Waals surface area contributed by atoms with Crippen LogP contribution < -0.4 is 5.43 Å². The maximum atomic E-state index is 10.3. The minimum absolute atomic E-state index is 0.0477. The van der Waals surface area contributed by atoms with Crippen LogP contribution in [0, 0.1) is 11.3 Å². The molecule has 17 heavy (non-hydrogen) atoms. The molecule has 0 aliphatic heterocycles. The van der Waals surface area contributed by atoms with Crippen LogP contribution in [-0.4, -0.2) is 16.8 Å². The maximum absolute atomic E-state index is 10.3. The lowest BCUT2D eigenvalue weighted by Crippen LogP contribution is -2.02. The fourth-order valence-electron chi connectivity index (χ4n) is 1.19. The van der Waals surface area contributed by atoms with Crippen LogP contribution in [0.5, 0.6) is 0 Å². The second-order valence-corrected chi connectivity index (χ2v) is 3.40. The highest BCUT2D eigenvalue weighted by atomic mass is 16.4. The van der Waals surface area contributed by atoms with Gasteiger partial charge in [-0.05, 0) is 18.6 Å². The van der Waals surface area contributed by atoms with Crippen LogP contribution >= 0.6 is 0 Å². The van der Waals surface area contributed by atoms with Gasteiger partial charge < -0.3 is 5.11 Å². The molecule has 0 fully saturated rings. The number of nitrogens with one attached hydrogen (secondary N) is 1. The molecule has 0 saturated heterocycles. The molecule has 0 aromatic heterocycles. The van der Waals surface area contributed by atoms with Gasteiger partial charge in [0.05, 0.1) is 5.69 Å². The first-order valence-electron chi connectivity index (χ1n) is 5.22. The second kappa shape index (κ2) is 7.01. The summed E-state index contributed by atoms with van der Waals surface area (Å²) in [7, 11) is 0. The number of benzene rings is 1. The maximum Gasteiger partial charge on any atom is 0.303 e. The zero-order chi connectivity index (χ0) is 12.5. The third-order valence-corrected chi connectivity index (χ3v) is 2.03. The Bertz CT molecular complexity index is 435. The van der Waals surface area contributed by atoms with Crippen molar-refractivity contribution in [2.45, 2.75) is 19.3 Å². The summed E-state index contributed by atoms with van der Waals surface area (Å²) < 4.78 is 0. The smallest absolute Gasteiger partial charge is 0.303 e. The number of anilines is 1. The summed E-state index contributed by atoms with van der Waals surface area (Å²) in [5.41, 5.74) is 3.84. The van der Waals surface area contributed by atoms with Crippen molar-refractivity contribution in [1.29, 1.82) is 5.26 Å². The zero-order valence-corrected chi connectivity index (χ0v) is 9.26. The molecule has 0 radical (unpaired) electrons. The molecule has 0 saturated carbocycles. The zero-order valence-electron chi connectivity index (χ0n) is 9.26. The van der Waals surface area contributed by atoms with Crippen molar-refractivity contribution in [3.8, 4) is 6.07 Å². The van der Waals surface area contributed by atoms with E-state index in [9.17, 15) is 4.79 Å². The number of nitrogens with zero attached hydrogens (tertiary/aromatic N) is 2. The van der Waals surface area contributed by atoms with Crippen molar-refractivity contribution in [3.63, 3.8) is 0 Å². The van der Waals surface area contributed by atoms with Crippen molar-refractivity contribution >= 4 is 17.4 Å². The number of hydrogen-bond donors (Lipinski definition) is 2. The Balaban J connectivity index is 2.45. The molecule has 5 heteroatoms. The average molecular weight is 231 g/mol. The Hall–Kier alpha value is -2.35. The Kier molecular flexibility index (Phi) is 5.25. The molecule has 0 unspecified atom stereocenters. The normalized spacial score (nSPS) is 10.6. The topological polar surface area (TPSA) is 85.5 Å². The molecule has 1 aromatic carbocycles. The molecule has 0 aliphatic rings. The number of carboxylic acid groups (broad SMARTS) is 1. The molecule has 0 amide bonds. The summed E-state index contributed by atoms with van der Waals surface area (Å²) in [4.78, 5) is 10.3. The third kappa shape index (κ3) is 5.33. The molecule has 0 atom stereocenters. The van der Waals surface area contributed by atoms with Crippen molar-refractivity contribution < 1.29 is 9.90 Å². The summed E-state index contributed by atoms with van der Waals surface area (Å²) in [6, 6.07) is 11.2. The molecular formula is C12H13N3O2. The fraction of sp³-hybridized carbons (Fsp3) is 0.250. The highest BCUT2D eigenvalue weighted by molar-refractivity contribution is 5.98.